The third kappa shape index (κ3) is 6.11. The first-order chi connectivity index (χ1) is 14.6. The zero-order valence-electron chi connectivity index (χ0n) is 20.4. The lowest BCUT2D eigenvalue weighted by atomic mass is 9.71. The van der Waals surface area contributed by atoms with Crippen LogP contribution >= 0.6 is 0 Å². The third-order valence-corrected chi connectivity index (χ3v) is 5.65. The van der Waals surface area contributed by atoms with Crippen molar-refractivity contribution in [3.05, 3.63) is 11.6 Å². The number of carbonyl (C=O) groups is 4. The van der Waals surface area contributed by atoms with Gasteiger partial charge in [0.2, 0.25) is 0 Å². The largest absolute Gasteiger partial charge is 0.469 e. The summed E-state index contributed by atoms with van der Waals surface area (Å²) in [5, 5.41) is 0. The Balaban J connectivity index is 2.63. The molecule has 180 valence electrons. The molecule has 32 heavy (non-hydrogen) atoms. The molecule has 0 aliphatic heterocycles. The van der Waals surface area contributed by atoms with Crippen LogP contribution in [0.1, 0.15) is 74.1 Å². The van der Waals surface area contributed by atoms with Gasteiger partial charge in [-0.1, -0.05) is 6.08 Å². The highest BCUT2D eigenvalue weighted by Crippen LogP contribution is 2.49. The molecule has 2 aliphatic rings. The molecule has 0 aromatic heterocycles. The maximum absolute atomic E-state index is 13.6. The molecular weight excluding hydrogens is 416 g/mol. The Morgan fingerprint density at radius 1 is 0.938 bits per heavy atom. The second-order valence-corrected chi connectivity index (χ2v) is 10.7. The van der Waals surface area contributed by atoms with Crippen molar-refractivity contribution in [3.63, 3.8) is 0 Å². The summed E-state index contributed by atoms with van der Waals surface area (Å²) in [6.07, 6.45) is 1.77. The number of rotatable bonds is 4. The van der Waals surface area contributed by atoms with Crippen LogP contribution in [0.5, 0.6) is 0 Å². The van der Waals surface area contributed by atoms with Crippen LogP contribution < -0.4 is 0 Å². The minimum Gasteiger partial charge on any atom is -0.469 e. The van der Waals surface area contributed by atoms with E-state index in [1.54, 1.807) is 41.5 Å². The molecule has 8 nitrogen and oxygen atoms in total. The predicted octanol–water partition coefficient (Wildman–Crippen LogP) is 3.51. The first-order valence-corrected chi connectivity index (χ1v) is 11.0. The van der Waals surface area contributed by atoms with Gasteiger partial charge in [0.15, 0.2) is 5.41 Å². The third-order valence-electron chi connectivity index (χ3n) is 5.65. The van der Waals surface area contributed by atoms with E-state index in [0.717, 1.165) is 5.57 Å². The van der Waals surface area contributed by atoms with E-state index in [1.165, 1.54) is 14.0 Å². The molecule has 0 spiro atoms. The van der Waals surface area contributed by atoms with Gasteiger partial charge in [0.25, 0.3) is 0 Å². The molecule has 8 heteroatoms. The van der Waals surface area contributed by atoms with Crippen LogP contribution in [0.4, 0.5) is 0 Å². The zero-order valence-corrected chi connectivity index (χ0v) is 20.4. The van der Waals surface area contributed by atoms with E-state index in [9.17, 15) is 19.2 Å². The fourth-order valence-corrected chi connectivity index (χ4v) is 4.38. The zero-order chi connectivity index (χ0) is 24.5. The minimum atomic E-state index is -1.74. The monoisotopic (exact) mass is 452 g/mol. The molecule has 0 aromatic rings. The Morgan fingerprint density at radius 3 is 1.91 bits per heavy atom. The predicted molar refractivity (Wildman–Crippen MR) is 115 cm³/mol. The number of fused-ring (bicyclic) bond motifs is 2. The number of ether oxygens (including phenoxy) is 4. The van der Waals surface area contributed by atoms with Crippen molar-refractivity contribution in [2.24, 2.45) is 17.3 Å². The number of carbonyl (C=O) groups excluding carboxylic acids is 4. The van der Waals surface area contributed by atoms with Crippen LogP contribution in [-0.2, 0) is 38.1 Å². The second-order valence-electron chi connectivity index (χ2n) is 10.7. The number of hydrogen-bond acceptors (Lipinski definition) is 8. The van der Waals surface area contributed by atoms with Crippen LogP contribution in [0.2, 0.25) is 0 Å². The van der Waals surface area contributed by atoms with Crippen molar-refractivity contribution < 1.29 is 38.1 Å². The quantitative estimate of drug-likeness (QED) is 0.276. The highest BCUT2D eigenvalue weighted by atomic mass is 16.6. The second kappa shape index (κ2) is 9.24. The Labute approximate surface area is 190 Å². The van der Waals surface area contributed by atoms with Gasteiger partial charge in [-0.05, 0) is 72.3 Å². The van der Waals surface area contributed by atoms with Gasteiger partial charge in [-0.3, -0.25) is 19.2 Å². The van der Waals surface area contributed by atoms with Crippen molar-refractivity contribution in [1.29, 1.82) is 0 Å². The maximum atomic E-state index is 13.6. The normalized spacial score (nSPS) is 25.0. The van der Waals surface area contributed by atoms with Crippen LogP contribution in [-0.4, -0.2) is 48.3 Å². The van der Waals surface area contributed by atoms with Crippen LogP contribution in [0.25, 0.3) is 0 Å². The highest BCUT2D eigenvalue weighted by Gasteiger charge is 2.57. The molecule has 0 aromatic carbocycles. The molecule has 1 fully saturated rings. The first kappa shape index (κ1) is 25.9. The fourth-order valence-electron chi connectivity index (χ4n) is 4.38. The highest BCUT2D eigenvalue weighted by molar-refractivity contribution is 6.00. The van der Waals surface area contributed by atoms with Crippen molar-refractivity contribution in [1.82, 2.24) is 0 Å². The average Bonchev–Trinajstić information content (AvgIpc) is 2.74. The molecule has 2 rings (SSSR count). The Hall–Kier alpha value is -2.38. The molecule has 1 saturated carbocycles. The summed E-state index contributed by atoms with van der Waals surface area (Å²) >= 11 is 0. The van der Waals surface area contributed by atoms with Crippen molar-refractivity contribution >= 4 is 23.9 Å². The van der Waals surface area contributed by atoms with Gasteiger partial charge in [-0.15, -0.1) is 0 Å². The van der Waals surface area contributed by atoms with Gasteiger partial charge < -0.3 is 18.9 Å². The van der Waals surface area contributed by atoms with E-state index in [4.69, 9.17) is 18.9 Å². The molecule has 2 aliphatic carbocycles. The van der Waals surface area contributed by atoms with Gasteiger partial charge in [-0.2, -0.15) is 0 Å². The average molecular weight is 453 g/mol. The number of esters is 4. The van der Waals surface area contributed by atoms with Crippen molar-refractivity contribution in [2.45, 2.75) is 91.5 Å². The molecule has 3 atom stereocenters. The molecular formula is C24H36O8. The van der Waals surface area contributed by atoms with E-state index < -0.39 is 52.5 Å². The number of allylic oxidation sites excluding steroid dienone is 1. The van der Waals surface area contributed by atoms with E-state index in [0.29, 0.717) is 12.8 Å². The molecule has 1 unspecified atom stereocenters. The topological polar surface area (TPSA) is 105 Å². The summed E-state index contributed by atoms with van der Waals surface area (Å²) in [5.41, 5.74) is -2.66. The van der Waals surface area contributed by atoms with Crippen molar-refractivity contribution in [3.8, 4) is 0 Å². The number of methoxy groups -OCH3 is 1. The van der Waals surface area contributed by atoms with E-state index in [1.807, 2.05) is 6.08 Å². The van der Waals surface area contributed by atoms with E-state index in [2.05, 4.69) is 0 Å². The van der Waals surface area contributed by atoms with Gasteiger partial charge in [-0.25, -0.2) is 0 Å². The lowest BCUT2D eigenvalue weighted by molar-refractivity contribution is -0.190. The Bertz CT molecular complexity index is 768. The fraction of sp³-hybridized carbons (Fsp3) is 0.750. The molecule has 0 N–H and O–H groups in total. The lowest BCUT2D eigenvalue weighted by Gasteiger charge is -2.37. The van der Waals surface area contributed by atoms with Gasteiger partial charge in [0.1, 0.15) is 17.3 Å². The summed E-state index contributed by atoms with van der Waals surface area (Å²) in [6.45, 7) is 11.6. The molecule has 2 bridgehead atoms. The Kier molecular flexibility index (Phi) is 7.47. The first-order valence-electron chi connectivity index (χ1n) is 11.0. The molecule has 0 heterocycles. The Morgan fingerprint density at radius 2 is 1.47 bits per heavy atom. The number of hydrogen-bond donors (Lipinski definition) is 0. The summed E-state index contributed by atoms with van der Waals surface area (Å²) in [4.78, 5) is 51.5. The minimum absolute atomic E-state index is 0.0334. The molecule has 0 amide bonds. The van der Waals surface area contributed by atoms with Crippen molar-refractivity contribution in [2.75, 3.05) is 7.11 Å². The van der Waals surface area contributed by atoms with E-state index in [-0.39, 0.29) is 18.8 Å². The SMILES string of the molecule is COC(=O)[C@H]1CC=C2C[C@@H]1CC(C(=O)OC(C)(C)C)(C(=O)OC(C)(C)C)CC2OC(C)=O. The van der Waals surface area contributed by atoms with Crippen LogP contribution in [0.15, 0.2) is 11.6 Å². The summed E-state index contributed by atoms with van der Waals surface area (Å²) in [5.74, 6) is -3.31. The summed E-state index contributed by atoms with van der Waals surface area (Å²) < 4.78 is 21.9. The van der Waals surface area contributed by atoms with E-state index >= 15 is 0 Å². The molecule has 0 radical (unpaired) electrons. The smallest absolute Gasteiger partial charge is 0.324 e. The van der Waals surface area contributed by atoms with Gasteiger partial charge >= 0.3 is 23.9 Å². The molecule has 0 saturated heterocycles. The standard InChI is InChI=1S/C24H36O8/c1-14(25)30-18-13-24(20(27)31-22(2,3)4,21(28)32-23(5,6)7)12-16-11-15(18)9-10-17(16)19(26)29-8/h9,16-18H,10-13H2,1-8H3/t16-,17+,18?/m1/s1. The van der Waals surface area contributed by atoms with Gasteiger partial charge in [0.05, 0.1) is 13.0 Å². The van der Waals surface area contributed by atoms with Crippen LogP contribution in [0.3, 0.4) is 0 Å². The van der Waals surface area contributed by atoms with Crippen LogP contribution in [0, 0.1) is 17.3 Å². The van der Waals surface area contributed by atoms with Gasteiger partial charge in [0, 0.05) is 13.3 Å². The summed E-state index contributed by atoms with van der Waals surface area (Å²) in [6, 6.07) is 0. The summed E-state index contributed by atoms with van der Waals surface area (Å²) in [7, 11) is 1.31. The maximum Gasteiger partial charge on any atom is 0.324 e. The lowest BCUT2D eigenvalue weighted by Crippen LogP contribution is -2.49.